The normalized spacial score (nSPS) is 20.8. The van der Waals surface area contributed by atoms with Gasteiger partial charge in [-0.1, -0.05) is 25.3 Å². The molecule has 1 saturated carbocycles. The second-order valence-electron chi connectivity index (χ2n) is 6.15. The zero-order valence-electron chi connectivity index (χ0n) is 14.7. The monoisotopic (exact) mass is 371 g/mol. The van der Waals surface area contributed by atoms with Crippen LogP contribution in [0.3, 0.4) is 0 Å². The van der Waals surface area contributed by atoms with E-state index >= 15 is 0 Å². The van der Waals surface area contributed by atoms with Gasteiger partial charge in [-0.25, -0.2) is 0 Å². The molecule has 3 rings (SSSR count). The van der Waals surface area contributed by atoms with E-state index in [0.29, 0.717) is 27.6 Å². The van der Waals surface area contributed by atoms with Crippen molar-refractivity contribution in [1.29, 1.82) is 5.26 Å². The number of ether oxygens (including phenoxy) is 2. The number of methoxy groups -OCH3 is 1. The van der Waals surface area contributed by atoms with Gasteiger partial charge in [0, 0.05) is 0 Å². The molecular weight excluding hydrogens is 350 g/mol. The minimum Gasteiger partial charge on any atom is -0.493 e. The number of carbonyl (C=O) groups excluding carboxylic acids is 1. The highest BCUT2D eigenvalue weighted by atomic mass is 32.2. The molecule has 7 heteroatoms. The van der Waals surface area contributed by atoms with Crippen LogP contribution in [-0.2, 0) is 4.79 Å². The molecule has 0 spiro atoms. The number of hydrogen-bond donors (Lipinski definition) is 1. The van der Waals surface area contributed by atoms with Crippen molar-refractivity contribution in [3.05, 3.63) is 28.7 Å². The van der Waals surface area contributed by atoms with Gasteiger partial charge in [-0.3, -0.25) is 9.79 Å². The van der Waals surface area contributed by atoms with Crippen molar-refractivity contribution in [2.45, 2.75) is 38.1 Å². The molecule has 1 aliphatic carbocycles. The summed E-state index contributed by atoms with van der Waals surface area (Å²) in [6.45, 7) is -0.0456. The van der Waals surface area contributed by atoms with E-state index in [-0.39, 0.29) is 12.5 Å². The number of nitrogens with one attached hydrogen (secondary N) is 1. The lowest BCUT2D eigenvalue weighted by molar-refractivity contribution is -0.115. The summed E-state index contributed by atoms with van der Waals surface area (Å²) in [5.74, 6) is 0.890. The van der Waals surface area contributed by atoms with Crippen molar-refractivity contribution in [3.8, 4) is 17.6 Å². The number of rotatable bonds is 5. The maximum absolute atomic E-state index is 12.2. The molecule has 2 aliphatic rings. The number of nitrogens with zero attached hydrogens (tertiary/aromatic N) is 2. The second-order valence-corrected chi connectivity index (χ2v) is 7.18. The average Bonchev–Trinajstić information content (AvgIpc) is 3.00. The van der Waals surface area contributed by atoms with Gasteiger partial charge in [-0.05, 0) is 48.4 Å². The van der Waals surface area contributed by atoms with Crippen LogP contribution in [0, 0.1) is 11.3 Å². The van der Waals surface area contributed by atoms with Gasteiger partial charge < -0.3 is 14.8 Å². The highest BCUT2D eigenvalue weighted by Gasteiger charge is 2.25. The van der Waals surface area contributed by atoms with Crippen LogP contribution in [0.25, 0.3) is 6.08 Å². The van der Waals surface area contributed by atoms with E-state index in [1.807, 2.05) is 12.1 Å². The first-order valence-corrected chi connectivity index (χ1v) is 9.47. The number of nitriles is 1. The lowest BCUT2D eigenvalue weighted by Gasteiger charge is -2.17. The molecule has 26 heavy (non-hydrogen) atoms. The van der Waals surface area contributed by atoms with Crippen LogP contribution < -0.4 is 14.8 Å². The van der Waals surface area contributed by atoms with E-state index in [4.69, 9.17) is 19.7 Å². The van der Waals surface area contributed by atoms with Crippen LogP contribution in [0.4, 0.5) is 0 Å². The summed E-state index contributed by atoms with van der Waals surface area (Å²) in [5.41, 5.74) is 0.822. The Kier molecular flexibility index (Phi) is 6.18. The summed E-state index contributed by atoms with van der Waals surface area (Å²) < 4.78 is 10.6. The van der Waals surface area contributed by atoms with Crippen LogP contribution in [0.2, 0.25) is 0 Å². The Morgan fingerprint density at radius 3 is 2.88 bits per heavy atom. The molecule has 0 bridgehead atoms. The van der Waals surface area contributed by atoms with Crippen molar-refractivity contribution in [3.63, 3.8) is 0 Å². The third-order valence-electron chi connectivity index (χ3n) is 4.30. The van der Waals surface area contributed by atoms with Gasteiger partial charge in [-0.15, -0.1) is 0 Å². The Balaban J connectivity index is 1.74. The zero-order valence-corrected chi connectivity index (χ0v) is 15.5. The van der Waals surface area contributed by atoms with Crippen LogP contribution in [0.15, 0.2) is 28.1 Å². The van der Waals surface area contributed by atoms with Crippen molar-refractivity contribution >= 4 is 28.9 Å². The van der Waals surface area contributed by atoms with Crippen molar-refractivity contribution in [2.75, 3.05) is 13.7 Å². The second kappa shape index (κ2) is 8.77. The van der Waals surface area contributed by atoms with Crippen LogP contribution >= 0.6 is 11.8 Å². The first-order valence-electron chi connectivity index (χ1n) is 8.66. The van der Waals surface area contributed by atoms with Gasteiger partial charge in [0.2, 0.25) is 0 Å². The number of amidine groups is 1. The van der Waals surface area contributed by atoms with E-state index in [9.17, 15) is 4.79 Å². The van der Waals surface area contributed by atoms with Gasteiger partial charge in [0.25, 0.3) is 5.91 Å². The van der Waals surface area contributed by atoms with Crippen molar-refractivity contribution in [2.24, 2.45) is 4.99 Å². The van der Waals surface area contributed by atoms with Crippen LogP contribution in [0.1, 0.15) is 37.7 Å². The first-order chi connectivity index (χ1) is 12.7. The Morgan fingerprint density at radius 2 is 2.15 bits per heavy atom. The molecular formula is C19H21N3O3S. The molecule has 1 aliphatic heterocycles. The third kappa shape index (κ3) is 4.58. The van der Waals surface area contributed by atoms with Gasteiger partial charge in [0.1, 0.15) is 6.07 Å². The van der Waals surface area contributed by atoms with Crippen molar-refractivity contribution < 1.29 is 14.3 Å². The summed E-state index contributed by atoms with van der Waals surface area (Å²) >= 11 is 1.37. The maximum atomic E-state index is 12.2. The van der Waals surface area contributed by atoms with E-state index in [2.05, 4.69) is 5.32 Å². The average molecular weight is 371 g/mol. The van der Waals surface area contributed by atoms with E-state index in [0.717, 1.165) is 18.4 Å². The number of hydrogen-bond acceptors (Lipinski definition) is 6. The number of aliphatic imine (C=N–C) groups is 1. The molecule has 1 amide bonds. The van der Waals surface area contributed by atoms with Crippen LogP contribution in [0.5, 0.6) is 11.5 Å². The Bertz CT molecular complexity index is 777. The largest absolute Gasteiger partial charge is 0.493 e. The maximum Gasteiger partial charge on any atom is 0.264 e. The van der Waals surface area contributed by atoms with Crippen molar-refractivity contribution in [1.82, 2.24) is 5.32 Å². The van der Waals surface area contributed by atoms with Gasteiger partial charge in [-0.2, -0.15) is 5.26 Å². The smallest absolute Gasteiger partial charge is 0.264 e. The molecule has 2 fully saturated rings. The predicted octanol–water partition coefficient (Wildman–Crippen LogP) is 3.49. The van der Waals surface area contributed by atoms with Crippen LogP contribution in [-0.4, -0.2) is 30.8 Å². The summed E-state index contributed by atoms with van der Waals surface area (Å²) in [7, 11) is 1.54. The van der Waals surface area contributed by atoms with Gasteiger partial charge in [0.05, 0.1) is 18.1 Å². The predicted molar refractivity (Wildman–Crippen MR) is 102 cm³/mol. The quantitative estimate of drug-likeness (QED) is 0.801. The standard InChI is InChI=1S/C19H21N3O3S/c1-24-16-11-13(7-8-15(16)25-10-9-20)12-17-18(23)22-19(26-17)21-14-5-3-2-4-6-14/h7-8,11-12,14H,2-6,10H2,1H3,(H,21,22,23). The van der Waals surface area contributed by atoms with E-state index in [1.54, 1.807) is 18.2 Å². The highest BCUT2D eigenvalue weighted by molar-refractivity contribution is 8.18. The lowest BCUT2D eigenvalue weighted by atomic mass is 9.96. The molecule has 136 valence electrons. The summed E-state index contributed by atoms with van der Waals surface area (Å²) in [4.78, 5) is 17.5. The SMILES string of the molecule is COc1cc(C=C2SC(=NC3CCCCC3)NC2=O)ccc1OCC#N. The minimum absolute atomic E-state index is 0.0456. The summed E-state index contributed by atoms with van der Waals surface area (Å²) in [6, 6.07) is 7.59. The fourth-order valence-electron chi connectivity index (χ4n) is 3.02. The Morgan fingerprint density at radius 1 is 1.35 bits per heavy atom. The van der Waals surface area contributed by atoms with E-state index < -0.39 is 0 Å². The number of carbonyl (C=O) groups is 1. The number of thioether (sulfide) groups is 1. The fraction of sp³-hybridized carbons (Fsp3) is 0.421. The summed E-state index contributed by atoms with van der Waals surface area (Å²) in [6.07, 6.45) is 7.70. The first kappa shape index (κ1) is 18.3. The lowest BCUT2D eigenvalue weighted by Crippen LogP contribution is -2.22. The van der Waals surface area contributed by atoms with E-state index in [1.165, 1.54) is 38.1 Å². The highest BCUT2D eigenvalue weighted by Crippen LogP contribution is 2.32. The Hall–Kier alpha value is -2.46. The molecule has 0 aromatic heterocycles. The fourth-order valence-corrected chi connectivity index (χ4v) is 3.91. The van der Waals surface area contributed by atoms with Gasteiger partial charge in [0.15, 0.2) is 23.3 Å². The molecule has 1 aromatic rings. The molecule has 0 atom stereocenters. The molecule has 1 heterocycles. The minimum atomic E-state index is -0.131. The zero-order chi connectivity index (χ0) is 18.4. The molecule has 1 N–H and O–H groups in total. The molecule has 0 unspecified atom stereocenters. The summed E-state index contributed by atoms with van der Waals surface area (Å²) in [5, 5.41) is 12.2. The Labute approximate surface area is 157 Å². The topological polar surface area (TPSA) is 83.7 Å². The number of benzene rings is 1. The van der Waals surface area contributed by atoms with Gasteiger partial charge >= 0.3 is 0 Å². The molecule has 1 aromatic carbocycles. The molecule has 0 radical (unpaired) electrons. The molecule has 1 saturated heterocycles. The third-order valence-corrected chi connectivity index (χ3v) is 5.23. The molecule has 6 nitrogen and oxygen atoms in total. The number of amides is 1.